The fourth-order valence-electron chi connectivity index (χ4n) is 3.19. The van der Waals surface area contributed by atoms with Crippen molar-refractivity contribution < 1.29 is 32.3 Å². The molecular weight excluding hydrogens is 460 g/mol. The van der Waals surface area contributed by atoms with Gasteiger partial charge in [0.15, 0.2) is 0 Å². The number of hydrogen-bond donors (Lipinski definition) is 1. The summed E-state index contributed by atoms with van der Waals surface area (Å²) in [6.07, 6.45) is 0. The second-order valence-corrected chi connectivity index (χ2v) is 8.97. The van der Waals surface area contributed by atoms with Gasteiger partial charge in [-0.05, 0) is 42.5 Å². The van der Waals surface area contributed by atoms with Crippen LogP contribution in [-0.2, 0) is 19.5 Å². The van der Waals surface area contributed by atoms with Crippen LogP contribution in [-0.4, -0.2) is 47.5 Å². The molecule has 0 saturated carbocycles. The van der Waals surface area contributed by atoms with Crippen LogP contribution in [0.1, 0.15) is 31.1 Å². The van der Waals surface area contributed by atoms with Crippen LogP contribution in [0.25, 0.3) is 0 Å². The fourth-order valence-corrected chi connectivity index (χ4v) is 4.43. The number of anilines is 2. The number of para-hydroxylation sites is 1. The maximum atomic E-state index is 13.2. The molecule has 0 atom stereocenters. The van der Waals surface area contributed by atoms with E-state index in [4.69, 9.17) is 9.47 Å². The summed E-state index contributed by atoms with van der Waals surface area (Å²) in [5.74, 6) is -2.09. The maximum Gasteiger partial charge on any atom is 0.339 e. The third-order valence-electron chi connectivity index (χ3n) is 4.98. The van der Waals surface area contributed by atoms with E-state index in [9.17, 15) is 22.8 Å². The average molecular weight is 483 g/mol. The van der Waals surface area contributed by atoms with Gasteiger partial charge >= 0.3 is 11.9 Å². The van der Waals surface area contributed by atoms with Gasteiger partial charge in [-0.25, -0.2) is 18.0 Å². The van der Waals surface area contributed by atoms with Gasteiger partial charge in [0.2, 0.25) is 0 Å². The van der Waals surface area contributed by atoms with Crippen LogP contribution in [0.4, 0.5) is 11.4 Å². The fraction of sp³-hybridized carbons (Fsp3) is 0.125. The summed E-state index contributed by atoms with van der Waals surface area (Å²) in [6.45, 7) is 0. The Morgan fingerprint density at radius 1 is 0.794 bits per heavy atom. The third kappa shape index (κ3) is 4.91. The highest BCUT2D eigenvalue weighted by Gasteiger charge is 2.26. The van der Waals surface area contributed by atoms with E-state index in [-0.39, 0.29) is 33.0 Å². The van der Waals surface area contributed by atoms with Crippen molar-refractivity contribution in [1.29, 1.82) is 0 Å². The Morgan fingerprint density at radius 2 is 1.41 bits per heavy atom. The predicted octanol–water partition coefficient (Wildman–Crippen LogP) is 3.34. The molecule has 0 radical (unpaired) electrons. The van der Waals surface area contributed by atoms with E-state index in [1.165, 1.54) is 63.7 Å². The molecule has 9 nitrogen and oxygen atoms in total. The smallest absolute Gasteiger partial charge is 0.339 e. The number of rotatable bonds is 7. The standard InChI is InChI=1S/C24H22N2O7S/c1-26(34(30,31)17-9-5-4-6-10-17)21-12-8-7-11-19(21)22(27)25-20-15-16(23(28)32-2)13-14-18(20)24(29)33-3/h4-15H,1-3H3,(H,25,27). The van der Waals surface area contributed by atoms with Gasteiger partial charge in [0.25, 0.3) is 15.9 Å². The molecule has 10 heteroatoms. The number of benzene rings is 3. The first-order chi connectivity index (χ1) is 16.2. The number of methoxy groups -OCH3 is 2. The number of ether oxygens (including phenoxy) is 2. The molecule has 0 heterocycles. The first-order valence-electron chi connectivity index (χ1n) is 9.95. The van der Waals surface area contributed by atoms with E-state index in [1.54, 1.807) is 30.3 Å². The minimum absolute atomic E-state index is 0.00289. The van der Waals surface area contributed by atoms with E-state index < -0.39 is 27.9 Å². The molecule has 1 amide bonds. The summed E-state index contributed by atoms with van der Waals surface area (Å²) in [5, 5.41) is 2.58. The number of nitrogens with zero attached hydrogens (tertiary/aromatic N) is 1. The highest BCUT2D eigenvalue weighted by Crippen LogP contribution is 2.27. The molecule has 0 aliphatic heterocycles. The SMILES string of the molecule is COC(=O)c1ccc(C(=O)OC)c(NC(=O)c2ccccc2N(C)S(=O)(=O)c2ccccc2)c1. The van der Waals surface area contributed by atoms with E-state index >= 15 is 0 Å². The lowest BCUT2D eigenvalue weighted by atomic mass is 10.1. The molecule has 0 aliphatic rings. The van der Waals surface area contributed by atoms with Crippen molar-refractivity contribution in [3.8, 4) is 0 Å². The summed E-state index contributed by atoms with van der Waals surface area (Å²) >= 11 is 0. The molecule has 1 N–H and O–H groups in total. The van der Waals surface area contributed by atoms with Crippen LogP contribution >= 0.6 is 0 Å². The summed E-state index contributed by atoms with van der Waals surface area (Å²) in [6, 6.07) is 17.9. The van der Waals surface area contributed by atoms with E-state index in [0.717, 1.165) is 4.31 Å². The summed E-state index contributed by atoms with van der Waals surface area (Å²) in [7, 11) is -0.226. The number of nitrogens with one attached hydrogen (secondary N) is 1. The lowest BCUT2D eigenvalue weighted by Gasteiger charge is -2.22. The van der Waals surface area contributed by atoms with Crippen molar-refractivity contribution >= 4 is 39.2 Å². The Kier molecular flexibility index (Phi) is 7.32. The second-order valence-electron chi connectivity index (χ2n) is 7.00. The number of carbonyl (C=O) groups is 3. The Hall–Kier alpha value is -4.18. The Bertz CT molecular complexity index is 1340. The van der Waals surface area contributed by atoms with E-state index in [0.29, 0.717) is 0 Å². The van der Waals surface area contributed by atoms with Crippen LogP contribution in [0, 0.1) is 0 Å². The predicted molar refractivity (Wildman–Crippen MR) is 126 cm³/mol. The van der Waals surface area contributed by atoms with Crippen molar-refractivity contribution in [2.24, 2.45) is 0 Å². The Labute approximate surface area is 197 Å². The molecule has 3 aromatic carbocycles. The van der Waals surface area contributed by atoms with Crippen molar-refractivity contribution in [2.45, 2.75) is 4.90 Å². The number of amides is 1. The van der Waals surface area contributed by atoms with Gasteiger partial charge in [-0.1, -0.05) is 30.3 Å². The monoisotopic (exact) mass is 482 g/mol. The van der Waals surface area contributed by atoms with Crippen molar-refractivity contribution in [1.82, 2.24) is 0 Å². The molecule has 34 heavy (non-hydrogen) atoms. The largest absolute Gasteiger partial charge is 0.465 e. The zero-order chi connectivity index (χ0) is 24.9. The lowest BCUT2D eigenvalue weighted by Crippen LogP contribution is -2.29. The topological polar surface area (TPSA) is 119 Å². The maximum absolute atomic E-state index is 13.2. The van der Waals surface area contributed by atoms with Gasteiger partial charge in [0.1, 0.15) is 0 Å². The third-order valence-corrected chi connectivity index (χ3v) is 6.77. The molecule has 0 bridgehead atoms. The van der Waals surface area contributed by atoms with Crippen LogP contribution < -0.4 is 9.62 Å². The summed E-state index contributed by atoms with van der Waals surface area (Å²) in [4.78, 5) is 37.4. The molecule has 0 aliphatic carbocycles. The molecule has 0 spiro atoms. The van der Waals surface area contributed by atoms with Crippen LogP contribution in [0.2, 0.25) is 0 Å². The summed E-state index contributed by atoms with van der Waals surface area (Å²) in [5.41, 5.74) is 0.258. The van der Waals surface area contributed by atoms with Crippen molar-refractivity contribution in [2.75, 3.05) is 30.9 Å². The molecule has 3 aromatic rings. The van der Waals surface area contributed by atoms with Gasteiger partial charge in [0, 0.05) is 7.05 Å². The van der Waals surface area contributed by atoms with Gasteiger partial charge < -0.3 is 14.8 Å². The van der Waals surface area contributed by atoms with Crippen LogP contribution in [0.15, 0.2) is 77.7 Å². The molecule has 176 valence electrons. The average Bonchev–Trinajstić information content (AvgIpc) is 2.87. The van der Waals surface area contributed by atoms with Crippen LogP contribution in [0.3, 0.4) is 0 Å². The van der Waals surface area contributed by atoms with E-state index in [2.05, 4.69) is 5.32 Å². The second kappa shape index (κ2) is 10.2. The molecule has 0 aromatic heterocycles. The molecule has 0 fully saturated rings. The van der Waals surface area contributed by atoms with Crippen LogP contribution in [0.5, 0.6) is 0 Å². The van der Waals surface area contributed by atoms with Gasteiger partial charge in [-0.3, -0.25) is 9.10 Å². The number of esters is 2. The normalized spacial score (nSPS) is 10.8. The molecular formula is C24H22N2O7S. The molecule has 0 saturated heterocycles. The van der Waals surface area contributed by atoms with E-state index in [1.807, 2.05) is 0 Å². The first-order valence-corrected chi connectivity index (χ1v) is 11.4. The lowest BCUT2D eigenvalue weighted by molar-refractivity contribution is 0.0587. The molecule has 0 unspecified atom stereocenters. The molecule has 3 rings (SSSR count). The zero-order valence-corrected chi connectivity index (χ0v) is 19.5. The van der Waals surface area contributed by atoms with Crippen molar-refractivity contribution in [3.63, 3.8) is 0 Å². The minimum atomic E-state index is -3.95. The van der Waals surface area contributed by atoms with Crippen molar-refractivity contribution in [3.05, 3.63) is 89.5 Å². The minimum Gasteiger partial charge on any atom is -0.465 e. The number of carbonyl (C=O) groups excluding carboxylic acids is 3. The first kappa shape index (κ1) is 24.5. The Balaban J connectivity index is 2.02. The van der Waals surface area contributed by atoms with Gasteiger partial charge in [-0.2, -0.15) is 0 Å². The number of hydrogen-bond acceptors (Lipinski definition) is 7. The quantitative estimate of drug-likeness (QED) is 0.513. The highest BCUT2D eigenvalue weighted by atomic mass is 32.2. The number of sulfonamides is 1. The highest BCUT2D eigenvalue weighted by molar-refractivity contribution is 7.92. The Morgan fingerprint density at radius 3 is 2.06 bits per heavy atom. The van der Waals surface area contributed by atoms with Gasteiger partial charge in [-0.15, -0.1) is 0 Å². The zero-order valence-electron chi connectivity index (χ0n) is 18.6. The van der Waals surface area contributed by atoms with Gasteiger partial charge in [0.05, 0.1) is 47.2 Å². The summed E-state index contributed by atoms with van der Waals surface area (Å²) < 4.78 is 36.6.